The van der Waals surface area contributed by atoms with Crippen LogP contribution in [0.1, 0.15) is 23.1 Å². The van der Waals surface area contributed by atoms with Gasteiger partial charge in [-0.3, -0.25) is 0 Å². The van der Waals surface area contributed by atoms with Crippen molar-refractivity contribution in [1.29, 1.82) is 0 Å². The lowest BCUT2D eigenvalue weighted by Gasteiger charge is -2.14. The number of aryl methyl sites for hydroxylation is 2. The summed E-state index contributed by atoms with van der Waals surface area (Å²) in [6, 6.07) is 6.45. The van der Waals surface area contributed by atoms with E-state index in [0.29, 0.717) is 6.42 Å². The predicted octanol–water partition coefficient (Wildman–Crippen LogP) is 3.72. The predicted molar refractivity (Wildman–Crippen MR) is 63.7 cm³/mol. The number of benzene rings is 1. The van der Waals surface area contributed by atoms with E-state index in [4.69, 9.17) is 27.9 Å². The number of rotatable bonds is 3. The Kier molecular flexibility index (Phi) is 2.98. The molecule has 1 fully saturated rings. The molecule has 0 spiro atoms. The maximum absolute atomic E-state index is 5.82. The largest absolute Gasteiger partial charge is 0.364 e. The van der Waals surface area contributed by atoms with Gasteiger partial charge in [0, 0.05) is 6.42 Å². The highest BCUT2D eigenvalue weighted by Crippen LogP contribution is 2.44. The molecule has 0 amide bonds. The van der Waals surface area contributed by atoms with Gasteiger partial charge in [-0.2, -0.15) is 0 Å². The zero-order valence-electron chi connectivity index (χ0n) is 8.89. The molecule has 1 aliphatic heterocycles. The van der Waals surface area contributed by atoms with Gasteiger partial charge in [0.2, 0.25) is 0 Å². The van der Waals surface area contributed by atoms with E-state index in [2.05, 4.69) is 32.0 Å². The first-order chi connectivity index (χ1) is 7.02. The van der Waals surface area contributed by atoms with E-state index in [1.54, 1.807) is 0 Å². The van der Waals surface area contributed by atoms with Gasteiger partial charge in [0.25, 0.3) is 0 Å². The number of ether oxygens (including phenoxy) is 1. The van der Waals surface area contributed by atoms with Gasteiger partial charge < -0.3 is 4.74 Å². The van der Waals surface area contributed by atoms with Crippen molar-refractivity contribution in [3.63, 3.8) is 0 Å². The Morgan fingerprint density at radius 3 is 2.20 bits per heavy atom. The average molecular weight is 245 g/mol. The Hall–Kier alpha value is -0.240. The summed E-state index contributed by atoms with van der Waals surface area (Å²) in [6.45, 7) is 4.91. The normalized spacial score (nSPS) is 24.6. The monoisotopic (exact) mass is 244 g/mol. The van der Waals surface area contributed by atoms with Gasteiger partial charge >= 0.3 is 0 Å². The van der Waals surface area contributed by atoms with Crippen molar-refractivity contribution in [1.82, 2.24) is 0 Å². The fourth-order valence-corrected chi connectivity index (χ4v) is 2.47. The van der Waals surface area contributed by atoms with Crippen LogP contribution in [0.3, 0.4) is 0 Å². The maximum atomic E-state index is 5.82. The van der Waals surface area contributed by atoms with Crippen LogP contribution in [0.2, 0.25) is 0 Å². The van der Waals surface area contributed by atoms with Crippen LogP contribution in [0.4, 0.5) is 0 Å². The first-order valence-corrected chi connectivity index (χ1v) is 5.90. The molecule has 1 unspecified atom stereocenters. The highest BCUT2D eigenvalue weighted by molar-refractivity contribution is 6.44. The summed E-state index contributed by atoms with van der Waals surface area (Å²) in [5.74, 6) is 0. The molecular formula is C12H14Cl2O. The molecule has 1 aromatic rings. The topological polar surface area (TPSA) is 12.5 Å². The molecule has 0 bridgehead atoms. The van der Waals surface area contributed by atoms with Gasteiger partial charge in [0.15, 0.2) is 0 Å². The standard InChI is InChI=1S/C12H14Cl2O/c1-8-3-9(2)5-10(4-8)12(7-15-12)6-11(13)14/h3-5,11H,6-7H2,1-2H3. The third-order valence-corrected chi connectivity index (χ3v) is 3.03. The fraction of sp³-hybridized carbons (Fsp3) is 0.500. The highest BCUT2D eigenvalue weighted by Gasteiger charge is 2.47. The summed E-state index contributed by atoms with van der Waals surface area (Å²) in [5.41, 5.74) is 3.48. The number of hydrogen-bond donors (Lipinski definition) is 0. The zero-order valence-corrected chi connectivity index (χ0v) is 10.4. The zero-order chi connectivity index (χ0) is 11.1. The molecule has 0 radical (unpaired) electrons. The van der Waals surface area contributed by atoms with E-state index in [9.17, 15) is 0 Å². The van der Waals surface area contributed by atoms with Gasteiger partial charge in [-0.15, -0.1) is 23.2 Å². The van der Waals surface area contributed by atoms with Gasteiger partial charge in [-0.05, 0) is 19.4 Å². The molecule has 2 rings (SSSR count). The molecule has 1 heterocycles. The SMILES string of the molecule is Cc1cc(C)cc(C2(CC(Cl)Cl)CO2)c1. The molecule has 1 aromatic carbocycles. The van der Waals surface area contributed by atoms with Crippen molar-refractivity contribution in [2.24, 2.45) is 0 Å². The van der Waals surface area contributed by atoms with Gasteiger partial charge in [-0.1, -0.05) is 29.3 Å². The Morgan fingerprint density at radius 2 is 1.80 bits per heavy atom. The molecule has 1 aliphatic rings. The first kappa shape index (κ1) is 11.3. The van der Waals surface area contributed by atoms with Crippen molar-refractivity contribution >= 4 is 23.2 Å². The summed E-state index contributed by atoms with van der Waals surface area (Å²) in [6.07, 6.45) is 0.666. The lowest BCUT2D eigenvalue weighted by molar-refractivity contribution is 0.298. The number of epoxide rings is 1. The van der Waals surface area contributed by atoms with Crippen LogP contribution in [0.15, 0.2) is 18.2 Å². The number of hydrogen-bond acceptors (Lipinski definition) is 1. The quantitative estimate of drug-likeness (QED) is 0.584. The van der Waals surface area contributed by atoms with Crippen LogP contribution in [0, 0.1) is 13.8 Å². The van der Waals surface area contributed by atoms with Crippen LogP contribution >= 0.6 is 23.2 Å². The first-order valence-electron chi connectivity index (χ1n) is 5.03. The summed E-state index contributed by atoms with van der Waals surface area (Å²) >= 11 is 11.6. The molecule has 15 heavy (non-hydrogen) atoms. The van der Waals surface area contributed by atoms with Crippen LogP contribution in [-0.2, 0) is 10.3 Å². The summed E-state index contributed by atoms with van der Waals surface area (Å²) in [4.78, 5) is -0.367. The van der Waals surface area contributed by atoms with Crippen molar-refractivity contribution in [2.75, 3.05) is 6.61 Å². The average Bonchev–Trinajstić information content (AvgIpc) is 2.82. The minimum Gasteiger partial charge on any atom is -0.364 e. The Morgan fingerprint density at radius 1 is 1.27 bits per heavy atom. The molecule has 82 valence electrons. The molecule has 0 N–H and O–H groups in total. The molecule has 0 aromatic heterocycles. The molecule has 1 nitrogen and oxygen atoms in total. The van der Waals surface area contributed by atoms with Gasteiger partial charge in [0.1, 0.15) is 10.4 Å². The summed E-state index contributed by atoms with van der Waals surface area (Å²) in [7, 11) is 0. The van der Waals surface area contributed by atoms with Crippen LogP contribution in [0.5, 0.6) is 0 Å². The molecule has 0 aliphatic carbocycles. The number of halogens is 2. The van der Waals surface area contributed by atoms with E-state index in [1.165, 1.54) is 16.7 Å². The van der Waals surface area contributed by atoms with Crippen LogP contribution in [0.25, 0.3) is 0 Å². The smallest absolute Gasteiger partial charge is 0.119 e. The van der Waals surface area contributed by atoms with Crippen LogP contribution in [-0.4, -0.2) is 11.4 Å². The van der Waals surface area contributed by atoms with E-state index in [-0.39, 0.29) is 10.4 Å². The highest BCUT2D eigenvalue weighted by atomic mass is 35.5. The van der Waals surface area contributed by atoms with E-state index < -0.39 is 0 Å². The third-order valence-electron chi connectivity index (χ3n) is 2.72. The molecule has 1 saturated heterocycles. The minimum atomic E-state index is -0.367. The summed E-state index contributed by atoms with van der Waals surface area (Å²) < 4.78 is 5.53. The fourth-order valence-electron chi connectivity index (χ4n) is 1.98. The van der Waals surface area contributed by atoms with Crippen molar-refractivity contribution in [3.8, 4) is 0 Å². The van der Waals surface area contributed by atoms with Gasteiger partial charge in [-0.25, -0.2) is 0 Å². The van der Waals surface area contributed by atoms with Crippen molar-refractivity contribution in [3.05, 3.63) is 34.9 Å². The second-order valence-corrected chi connectivity index (χ2v) is 5.53. The Labute approximate surface area is 100 Å². The van der Waals surface area contributed by atoms with Crippen molar-refractivity contribution in [2.45, 2.75) is 30.7 Å². The third kappa shape index (κ3) is 2.47. The minimum absolute atomic E-state index is 0.217. The lowest BCUT2D eigenvalue weighted by atomic mass is 9.94. The molecule has 1 atom stereocenters. The second-order valence-electron chi connectivity index (χ2n) is 4.25. The maximum Gasteiger partial charge on any atom is 0.119 e. The van der Waals surface area contributed by atoms with Crippen LogP contribution < -0.4 is 0 Å². The van der Waals surface area contributed by atoms with Gasteiger partial charge in [0.05, 0.1) is 6.61 Å². The Bertz CT molecular complexity index is 350. The van der Waals surface area contributed by atoms with Crippen molar-refractivity contribution < 1.29 is 4.74 Å². The van der Waals surface area contributed by atoms with E-state index >= 15 is 0 Å². The summed E-state index contributed by atoms with van der Waals surface area (Å²) in [5, 5.41) is 0. The van der Waals surface area contributed by atoms with E-state index in [0.717, 1.165) is 6.61 Å². The lowest BCUT2D eigenvalue weighted by Crippen LogP contribution is -2.13. The molecule has 0 saturated carbocycles. The van der Waals surface area contributed by atoms with E-state index in [1.807, 2.05) is 0 Å². The Balaban J connectivity index is 2.29. The number of alkyl halides is 2. The molecular weight excluding hydrogens is 231 g/mol. The molecule has 3 heteroatoms. The second kappa shape index (κ2) is 3.97.